The summed E-state index contributed by atoms with van der Waals surface area (Å²) in [5.41, 5.74) is 0.922. The van der Waals surface area contributed by atoms with E-state index in [4.69, 9.17) is 11.6 Å². The SMILES string of the molecule is CCC(CC)C(O)c1cccc(Cl)c1. The topological polar surface area (TPSA) is 20.2 Å². The maximum atomic E-state index is 10.0. The van der Waals surface area contributed by atoms with Crippen molar-refractivity contribution in [3.63, 3.8) is 0 Å². The van der Waals surface area contributed by atoms with Gasteiger partial charge >= 0.3 is 0 Å². The molecule has 0 spiro atoms. The van der Waals surface area contributed by atoms with E-state index >= 15 is 0 Å². The maximum Gasteiger partial charge on any atom is 0.0818 e. The molecule has 1 rings (SSSR count). The maximum absolute atomic E-state index is 10.0. The molecule has 0 aromatic heterocycles. The van der Waals surface area contributed by atoms with E-state index in [1.807, 2.05) is 24.3 Å². The van der Waals surface area contributed by atoms with Crippen LogP contribution in [-0.4, -0.2) is 5.11 Å². The molecule has 0 saturated heterocycles. The second-order valence-electron chi connectivity index (χ2n) is 3.58. The quantitative estimate of drug-likeness (QED) is 0.805. The predicted molar refractivity (Wildman–Crippen MR) is 60.5 cm³/mol. The summed E-state index contributed by atoms with van der Waals surface area (Å²) in [5.74, 6) is 0.327. The number of halogens is 1. The van der Waals surface area contributed by atoms with E-state index in [1.54, 1.807) is 0 Å². The van der Waals surface area contributed by atoms with E-state index in [0.717, 1.165) is 18.4 Å². The van der Waals surface area contributed by atoms with Crippen molar-refractivity contribution in [3.8, 4) is 0 Å². The zero-order valence-electron chi connectivity index (χ0n) is 8.70. The van der Waals surface area contributed by atoms with Gasteiger partial charge in [0.25, 0.3) is 0 Å². The van der Waals surface area contributed by atoms with Crippen molar-refractivity contribution < 1.29 is 5.11 Å². The highest BCUT2D eigenvalue weighted by molar-refractivity contribution is 6.30. The first-order chi connectivity index (χ1) is 6.69. The standard InChI is InChI=1S/C12H17ClO/c1-3-9(4-2)12(14)10-6-5-7-11(13)8-10/h5-9,12,14H,3-4H2,1-2H3. The van der Waals surface area contributed by atoms with Crippen molar-refractivity contribution in [1.29, 1.82) is 0 Å². The summed E-state index contributed by atoms with van der Waals surface area (Å²) in [7, 11) is 0. The Morgan fingerprint density at radius 2 is 1.93 bits per heavy atom. The number of rotatable bonds is 4. The van der Waals surface area contributed by atoms with Gasteiger partial charge in [-0.3, -0.25) is 0 Å². The Balaban J connectivity index is 2.82. The molecule has 0 fully saturated rings. The minimum Gasteiger partial charge on any atom is -0.388 e. The van der Waals surface area contributed by atoms with Crippen LogP contribution >= 0.6 is 11.6 Å². The molecule has 1 N–H and O–H groups in total. The van der Waals surface area contributed by atoms with Gasteiger partial charge in [-0.2, -0.15) is 0 Å². The fourth-order valence-corrected chi connectivity index (χ4v) is 1.90. The average Bonchev–Trinajstić information content (AvgIpc) is 2.19. The van der Waals surface area contributed by atoms with Crippen LogP contribution in [0.2, 0.25) is 5.02 Å². The molecule has 0 aliphatic carbocycles. The Morgan fingerprint density at radius 3 is 2.43 bits per heavy atom. The molecular weight excluding hydrogens is 196 g/mol. The molecule has 1 aromatic carbocycles. The van der Waals surface area contributed by atoms with Crippen molar-refractivity contribution in [1.82, 2.24) is 0 Å². The van der Waals surface area contributed by atoms with Crippen molar-refractivity contribution in [2.75, 3.05) is 0 Å². The molecule has 0 saturated carbocycles. The van der Waals surface area contributed by atoms with Crippen LogP contribution in [0.25, 0.3) is 0 Å². The van der Waals surface area contributed by atoms with Gasteiger partial charge in [-0.05, 0) is 23.6 Å². The second kappa shape index (κ2) is 5.38. The summed E-state index contributed by atoms with van der Waals surface area (Å²) in [6, 6.07) is 7.47. The minimum absolute atomic E-state index is 0.327. The van der Waals surface area contributed by atoms with Crippen molar-refractivity contribution in [3.05, 3.63) is 34.9 Å². The molecule has 1 nitrogen and oxygen atoms in total. The number of hydrogen-bond donors (Lipinski definition) is 1. The summed E-state index contributed by atoms with van der Waals surface area (Å²) in [6.45, 7) is 4.20. The number of hydrogen-bond acceptors (Lipinski definition) is 1. The molecule has 2 heteroatoms. The van der Waals surface area contributed by atoms with E-state index in [0.29, 0.717) is 10.9 Å². The number of aliphatic hydroxyl groups excluding tert-OH is 1. The summed E-state index contributed by atoms with van der Waals surface area (Å²) < 4.78 is 0. The van der Waals surface area contributed by atoms with Gasteiger partial charge in [0.1, 0.15) is 0 Å². The zero-order chi connectivity index (χ0) is 10.6. The fourth-order valence-electron chi connectivity index (χ4n) is 1.70. The first-order valence-electron chi connectivity index (χ1n) is 5.12. The summed E-state index contributed by atoms with van der Waals surface area (Å²) in [4.78, 5) is 0. The summed E-state index contributed by atoms with van der Waals surface area (Å²) in [6.07, 6.45) is 1.60. The van der Waals surface area contributed by atoms with Crippen LogP contribution in [0, 0.1) is 5.92 Å². The van der Waals surface area contributed by atoms with E-state index in [2.05, 4.69) is 13.8 Å². The van der Waals surface area contributed by atoms with Crippen LogP contribution in [0.4, 0.5) is 0 Å². The van der Waals surface area contributed by atoms with Gasteiger partial charge in [-0.15, -0.1) is 0 Å². The third-order valence-corrected chi connectivity index (χ3v) is 2.92. The van der Waals surface area contributed by atoms with Crippen LogP contribution in [-0.2, 0) is 0 Å². The Kier molecular flexibility index (Phi) is 4.43. The molecule has 14 heavy (non-hydrogen) atoms. The number of benzene rings is 1. The Labute approximate surface area is 90.7 Å². The minimum atomic E-state index is -0.385. The lowest BCUT2D eigenvalue weighted by molar-refractivity contribution is 0.103. The molecule has 1 aromatic rings. The third kappa shape index (κ3) is 2.73. The molecule has 0 amide bonds. The smallest absolute Gasteiger partial charge is 0.0818 e. The molecule has 0 aliphatic rings. The van der Waals surface area contributed by atoms with Gasteiger partial charge in [-0.25, -0.2) is 0 Å². The van der Waals surface area contributed by atoms with Gasteiger partial charge in [0, 0.05) is 5.02 Å². The third-order valence-electron chi connectivity index (χ3n) is 2.69. The van der Waals surface area contributed by atoms with Crippen molar-refractivity contribution in [2.24, 2.45) is 5.92 Å². The fraction of sp³-hybridized carbons (Fsp3) is 0.500. The normalized spacial score (nSPS) is 13.2. The van der Waals surface area contributed by atoms with Crippen molar-refractivity contribution >= 4 is 11.6 Å². The Bertz CT molecular complexity index is 281. The number of aliphatic hydroxyl groups is 1. The Hall–Kier alpha value is -0.530. The van der Waals surface area contributed by atoms with E-state index in [9.17, 15) is 5.11 Å². The van der Waals surface area contributed by atoms with Gasteiger partial charge in [0.15, 0.2) is 0 Å². The molecule has 0 heterocycles. The first-order valence-corrected chi connectivity index (χ1v) is 5.50. The van der Waals surface area contributed by atoms with Gasteiger partial charge in [0.2, 0.25) is 0 Å². The average molecular weight is 213 g/mol. The predicted octanol–water partition coefficient (Wildman–Crippen LogP) is 3.81. The van der Waals surface area contributed by atoms with Crippen LogP contribution in [0.5, 0.6) is 0 Å². The lowest BCUT2D eigenvalue weighted by Gasteiger charge is -2.20. The van der Waals surface area contributed by atoms with Gasteiger partial charge in [-0.1, -0.05) is 50.4 Å². The molecule has 0 radical (unpaired) electrons. The highest BCUT2D eigenvalue weighted by atomic mass is 35.5. The van der Waals surface area contributed by atoms with Crippen LogP contribution in [0.1, 0.15) is 38.4 Å². The first kappa shape index (κ1) is 11.5. The second-order valence-corrected chi connectivity index (χ2v) is 4.01. The highest BCUT2D eigenvalue weighted by Crippen LogP contribution is 2.28. The lowest BCUT2D eigenvalue weighted by Crippen LogP contribution is -2.10. The van der Waals surface area contributed by atoms with Crippen LogP contribution in [0.15, 0.2) is 24.3 Å². The molecule has 1 unspecified atom stereocenters. The largest absolute Gasteiger partial charge is 0.388 e. The molecule has 1 atom stereocenters. The zero-order valence-corrected chi connectivity index (χ0v) is 9.46. The molecular formula is C12H17ClO. The molecule has 78 valence electrons. The Morgan fingerprint density at radius 1 is 1.29 bits per heavy atom. The van der Waals surface area contributed by atoms with Crippen molar-refractivity contribution in [2.45, 2.75) is 32.8 Å². The summed E-state index contributed by atoms with van der Waals surface area (Å²) in [5, 5.41) is 10.7. The van der Waals surface area contributed by atoms with Crippen LogP contribution < -0.4 is 0 Å². The van der Waals surface area contributed by atoms with Gasteiger partial charge < -0.3 is 5.11 Å². The van der Waals surface area contributed by atoms with Gasteiger partial charge in [0.05, 0.1) is 6.10 Å². The van der Waals surface area contributed by atoms with E-state index < -0.39 is 0 Å². The molecule has 0 aliphatic heterocycles. The van der Waals surface area contributed by atoms with E-state index in [-0.39, 0.29) is 6.10 Å². The summed E-state index contributed by atoms with van der Waals surface area (Å²) >= 11 is 5.87. The highest BCUT2D eigenvalue weighted by Gasteiger charge is 2.17. The van der Waals surface area contributed by atoms with E-state index in [1.165, 1.54) is 0 Å². The monoisotopic (exact) mass is 212 g/mol. The lowest BCUT2D eigenvalue weighted by atomic mass is 9.91. The van der Waals surface area contributed by atoms with Crippen LogP contribution in [0.3, 0.4) is 0 Å². The molecule has 0 bridgehead atoms.